The zero-order valence-electron chi connectivity index (χ0n) is 9.04. The number of halogens is 1. The van der Waals surface area contributed by atoms with Crippen LogP contribution in [0.3, 0.4) is 0 Å². The maximum absolute atomic E-state index is 13.2. The SMILES string of the molecule is C[C@H]1O[C@@H](CO)O[C@H]1n1cc(F)c(N)nc1=O. The van der Waals surface area contributed by atoms with Crippen molar-refractivity contribution < 1.29 is 19.0 Å². The summed E-state index contributed by atoms with van der Waals surface area (Å²) >= 11 is 0. The lowest BCUT2D eigenvalue weighted by atomic mass is 10.3. The van der Waals surface area contributed by atoms with Crippen LogP contribution in [-0.2, 0) is 9.47 Å². The lowest BCUT2D eigenvalue weighted by Gasteiger charge is -2.15. The summed E-state index contributed by atoms with van der Waals surface area (Å²) in [6.45, 7) is 1.29. The Bertz CT molecular complexity index is 478. The van der Waals surface area contributed by atoms with Crippen LogP contribution < -0.4 is 11.4 Å². The van der Waals surface area contributed by atoms with Crippen molar-refractivity contribution in [1.29, 1.82) is 0 Å². The van der Waals surface area contributed by atoms with Crippen LogP contribution >= 0.6 is 0 Å². The minimum atomic E-state index is -0.831. The van der Waals surface area contributed by atoms with Gasteiger partial charge in [-0.2, -0.15) is 4.98 Å². The van der Waals surface area contributed by atoms with E-state index in [-0.39, 0.29) is 6.61 Å². The van der Waals surface area contributed by atoms with E-state index in [2.05, 4.69) is 4.98 Å². The van der Waals surface area contributed by atoms with Gasteiger partial charge in [0.1, 0.15) is 6.10 Å². The molecule has 1 aliphatic heterocycles. The molecule has 3 N–H and O–H groups in total. The molecule has 1 aromatic heterocycles. The van der Waals surface area contributed by atoms with Gasteiger partial charge >= 0.3 is 5.69 Å². The van der Waals surface area contributed by atoms with E-state index < -0.39 is 35.9 Å². The van der Waals surface area contributed by atoms with Crippen molar-refractivity contribution in [3.63, 3.8) is 0 Å². The molecular weight excluding hydrogens is 233 g/mol. The molecule has 2 rings (SSSR count). The van der Waals surface area contributed by atoms with Gasteiger partial charge in [-0.15, -0.1) is 0 Å². The zero-order valence-corrected chi connectivity index (χ0v) is 9.04. The number of anilines is 1. The van der Waals surface area contributed by atoms with Gasteiger partial charge in [0, 0.05) is 0 Å². The molecule has 17 heavy (non-hydrogen) atoms. The second-order valence-corrected chi connectivity index (χ2v) is 3.64. The Morgan fingerprint density at radius 2 is 2.35 bits per heavy atom. The first-order valence-corrected chi connectivity index (χ1v) is 4.99. The summed E-state index contributed by atoms with van der Waals surface area (Å²) in [6, 6.07) is 0. The molecule has 0 spiro atoms. The molecule has 2 heterocycles. The van der Waals surface area contributed by atoms with Crippen LogP contribution in [0.5, 0.6) is 0 Å². The van der Waals surface area contributed by atoms with Gasteiger partial charge in [-0.3, -0.25) is 4.57 Å². The normalized spacial score (nSPS) is 28.5. The summed E-state index contributed by atoms with van der Waals surface area (Å²) in [5.74, 6) is -1.27. The quantitative estimate of drug-likeness (QED) is 0.708. The highest BCUT2D eigenvalue weighted by atomic mass is 19.1. The molecule has 1 fully saturated rings. The van der Waals surface area contributed by atoms with E-state index in [9.17, 15) is 9.18 Å². The Balaban J connectivity index is 2.35. The van der Waals surface area contributed by atoms with Gasteiger partial charge in [0.15, 0.2) is 24.2 Å². The molecule has 8 heteroatoms. The standard InChI is InChI=1S/C9H12FN3O4/c1-4-8(17-6(3-14)16-4)13-2-5(10)7(11)12-9(13)15/h2,4,6,8,14H,3H2,1H3,(H2,11,12,15)/t4-,6-,8-/m1/s1. The van der Waals surface area contributed by atoms with E-state index >= 15 is 0 Å². The van der Waals surface area contributed by atoms with Crippen LogP contribution in [0.4, 0.5) is 10.2 Å². The molecule has 0 saturated carbocycles. The number of rotatable bonds is 2. The monoisotopic (exact) mass is 245 g/mol. The van der Waals surface area contributed by atoms with Crippen molar-refractivity contribution in [3.8, 4) is 0 Å². The van der Waals surface area contributed by atoms with Crippen molar-refractivity contribution in [2.75, 3.05) is 12.3 Å². The molecule has 94 valence electrons. The molecule has 1 aliphatic rings. The highest BCUT2D eigenvalue weighted by molar-refractivity contribution is 5.26. The van der Waals surface area contributed by atoms with Gasteiger partial charge in [-0.05, 0) is 6.92 Å². The summed E-state index contributed by atoms with van der Waals surface area (Å²) in [5.41, 5.74) is 4.43. The van der Waals surface area contributed by atoms with Crippen molar-refractivity contribution in [2.45, 2.75) is 25.5 Å². The fourth-order valence-corrected chi connectivity index (χ4v) is 1.62. The summed E-state index contributed by atoms with van der Waals surface area (Å²) in [4.78, 5) is 14.8. The topological polar surface area (TPSA) is 99.6 Å². The Morgan fingerprint density at radius 1 is 1.65 bits per heavy atom. The molecular formula is C9H12FN3O4. The van der Waals surface area contributed by atoms with E-state index in [0.717, 1.165) is 10.8 Å². The average molecular weight is 245 g/mol. The predicted molar refractivity (Wildman–Crippen MR) is 54.4 cm³/mol. The smallest absolute Gasteiger partial charge is 0.351 e. The Morgan fingerprint density at radius 3 is 2.94 bits per heavy atom. The lowest BCUT2D eigenvalue weighted by Crippen LogP contribution is -2.32. The molecule has 3 atom stereocenters. The molecule has 1 saturated heterocycles. The van der Waals surface area contributed by atoms with E-state index in [1.165, 1.54) is 0 Å². The van der Waals surface area contributed by atoms with Gasteiger partial charge in [0.2, 0.25) is 0 Å². The van der Waals surface area contributed by atoms with E-state index in [1.807, 2.05) is 0 Å². The van der Waals surface area contributed by atoms with Crippen LogP contribution in [0, 0.1) is 5.82 Å². The van der Waals surface area contributed by atoms with Gasteiger partial charge < -0.3 is 20.3 Å². The molecule has 0 bridgehead atoms. The highest BCUT2D eigenvalue weighted by Crippen LogP contribution is 2.26. The summed E-state index contributed by atoms with van der Waals surface area (Å²) in [7, 11) is 0. The fourth-order valence-electron chi connectivity index (χ4n) is 1.62. The third-order valence-electron chi connectivity index (χ3n) is 2.42. The number of aromatic nitrogens is 2. The van der Waals surface area contributed by atoms with E-state index in [4.69, 9.17) is 20.3 Å². The van der Waals surface area contributed by atoms with Gasteiger partial charge in [-0.25, -0.2) is 9.18 Å². The van der Waals surface area contributed by atoms with Gasteiger partial charge in [0.25, 0.3) is 0 Å². The number of hydrogen-bond donors (Lipinski definition) is 2. The van der Waals surface area contributed by atoms with Crippen molar-refractivity contribution >= 4 is 5.82 Å². The Hall–Kier alpha value is -1.51. The first-order chi connectivity index (χ1) is 8.02. The van der Waals surface area contributed by atoms with Crippen LogP contribution in [0.2, 0.25) is 0 Å². The third-order valence-corrected chi connectivity index (χ3v) is 2.42. The fraction of sp³-hybridized carbons (Fsp3) is 0.556. The van der Waals surface area contributed by atoms with Crippen LogP contribution in [-0.4, -0.2) is 33.7 Å². The van der Waals surface area contributed by atoms with Crippen LogP contribution in [0.25, 0.3) is 0 Å². The minimum absolute atomic E-state index is 0.347. The number of nitrogen functional groups attached to an aromatic ring is 1. The van der Waals surface area contributed by atoms with Crippen molar-refractivity contribution in [3.05, 3.63) is 22.5 Å². The average Bonchev–Trinajstić information content (AvgIpc) is 2.65. The van der Waals surface area contributed by atoms with E-state index in [0.29, 0.717) is 0 Å². The summed E-state index contributed by atoms with van der Waals surface area (Å²) < 4.78 is 24.6. The molecule has 7 nitrogen and oxygen atoms in total. The largest absolute Gasteiger partial charge is 0.391 e. The van der Waals surface area contributed by atoms with Gasteiger partial charge in [0.05, 0.1) is 12.8 Å². The number of nitrogens with two attached hydrogens (primary N) is 1. The van der Waals surface area contributed by atoms with Crippen molar-refractivity contribution in [2.24, 2.45) is 0 Å². The first kappa shape index (κ1) is 12.0. The van der Waals surface area contributed by atoms with E-state index in [1.54, 1.807) is 6.92 Å². The number of nitrogens with zero attached hydrogens (tertiary/aromatic N) is 2. The molecule has 0 unspecified atom stereocenters. The molecule has 0 radical (unpaired) electrons. The number of hydrogen-bond acceptors (Lipinski definition) is 6. The van der Waals surface area contributed by atoms with Crippen LogP contribution in [0.15, 0.2) is 11.0 Å². The lowest BCUT2D eigenvalue weighted by molar-refractivity contribution is -0.102. The second kappa shape index (κ2) is 4.40. The zero-order chi connectivity index (χ0) is 12.6. The molecule has 1 aromatic rings. The Kier molecular flexibility index (Phi) is 3.09. The summed E-state index contributed by atoms with van der Waals surface area (Å²) in [5, 5.41) is 8.87. The van der Waals surface area contributed by atoms with Crippen LogP contribution in [0.1, 0.15) is 13.2 Å². The maximum Gasteiger partial charge on any atom is 0.351 e. The van der Waals surface area contributed by atoms with Crippen molar-refractivity contribution in [1.82, 2.24) is 9.55 Å². The first-order valence-electron chi connectivity index (χ1n) is 4.99. The number of aliphatic hydroxyl groups excluding tert-OH is 1. The highest BCUT2D eigenvalue weighted by Gasteiger charge is 2.35. The second-order valence-electron chi connectivity index (χ2n) is 3.64. The predicted octanol–water partition coefficient (Wildman–Crippen LogP) is -0.783. The molecule has 0 aromatic carbocycles. The molecule has 0 aliphatic carbocycles. The minimum Gasteiger partial charge on any atom is -0.391 e. The molecule has 0 amide bonds. The third kappa shape index (κ3) is 2.14. The number of aliphatic hydroxyl groups is 1. The Labute approximate surface area is 95.6 Å². The summed E-state index contributed by atoms with van der Waals surface area (Å²) in [6.07, 6.45) is -1.26. The maximum atomic E-state index is 13.2. The van der Waals surface area contributed by atoms with Gasteiger partial charge in [-0.1, -0.05) is 0 Å². The number of ether oxygens (including phenoxy) is 2.